The monoisotopic (exact) mass is 615 g/mol. The van der Waals surface area contributed by atoms with Crippen LogP contribution in [0.25, 0.3) is 0 Å². The number of benzene rings is 3. The molecule has 1 spiro atoms. The van der Waals surface area contributed by atoms with Crippen LogP contribution in [0.1, 0.15) is 52.7 Å². The Morgan fingerprint density at radius 2 is 1.91 bits per heavy atom. The number of urea groups is 1. The molecule has 0 aliphatic carbocycles. The highest BCUT2D eigenvalue weighted by molar-refractivity contribution is 8.00. The van der Waals surface area contributed by atoms with Crippen molar-refractivity contribution in [2.75, 3.05) is 5.75 Å². The Bertz CT molecular complexity index is 1740. The molecular weight excluding hydrogens is 590 g/mol. The molecule has 2 saturated heterocycles. The van der Waals surface area contributed by atoms with Gasteiger partial charge in [-0.15, -0.1) is 0 Å². The molecule has 218 valence electrons. The molecule has 4 heterocycles. The lowest BCUT2D eigenvalue weighted by atomic mass is 9.77. The number of carbonyl (C=O) groups is 3. The van der Waals surface area contributed by atoms with Crippen LogP contribution in [-0.2, 0) is 15.1 Å². The Kier molecular flexibility index (Phi) is 6.84. The van der Waals surface area contributed by atoms with Gasteiger partial charge in [-0.25, -0.2) is 9.59 Å². The van der Waals surface area contributed by atoms with E-state index in [9.17, 15) is 19.5 Å². The number of phenols is 1. The second kappa shape index (κ2) is 10.7. The molecule has 4 aliphatic rings. The van der Waals surface area contributed by atoms with Crippen molar-refractivity contribution in [1.29, 1.82) is 0 Å². The van der Waals surface area contributed by atoms with E-state index >= 15 is 0 Å². The second-order valence-corrected chi connectivity index (χ2v) is 12.2. The molecule has 3 aromatic carbocycles. The van der Waals surface area contributed by atoms with Crippen LogP contribution in [-0.4, -0.2) is 51.3 Å². The largest absolute Gasteiger partial charge is 0.508 e. The number of nitrogens with one attached hydrogen (secondary N) is 2. The van der Waals surface area contributed by atoms with Gasteiger partial charge in [0.25, 0.3) is 0 Å². The number of rotatable bonds is 7. The van der Waals surface area contributed by atoms with Crippen LogP contribution in [0.15, 0.2) is 59.6 Å². The number of ether oxygens (including phenoxy) is 3. The highest BCUT2D eigenvalue weighted by Crippen LogP contribution is 2.58. The van der Waals surface area contributed by atoms with Gasteiger partial charge in [-0.1, -0.05) is 18.6 Å². The van der Waals surface area contributed by atoms with Crippen molar-refractivity contribution in [1.82, 2.24) is 10.6 Å². The van der Waals surface area contributed by atoms with Gasteiger partial charge in [0.1, 0.15) is 23.0 Å². The number of thiocarbonyl (C=S) groups is 1. The van der Waals surface area contributed by atoms with E-state index in [0.717, 1.165) is 18.6 Å². The van der Waals surface area contributed by atoms with Crippen LogP contribution in [0.2, 0.25) is 0 Å². The van der Waals surface area contributed by atoms with Crippen molar-refractivity contribution in [2.24, 2.45) is 4.99 Å². The third kappa shape index (κ3) is 4.62. The Morgan fingerprint density at radius 3 is 2.74 bits per heavy atom. The SMILES string of the molecule is O=C1N[C@H]2[C@H](CS[C@H]2CCCCC(=O)Oc2ccc3c(c2)Oc2cc(O)ccc2C32OC(=O)c3c(N=C=S)cccc32)N1. The van der Waals surface area contributed by atoms with E-state index in [1.54, 1.807) is 42.5 Å². The van der Waals surface area contributed by atoms with Crippen LogP contribution in [0.3, 0.4) is 0 Å². The first kappa shape index (κ1) is 27.5. The van der Waals surface area contributed by atoms with E-state index in [4.69, 9.17) is 26.4 Å². The molecule has 0 radical (unpaired) electrons. The number of carbonyl (C=O) groups excluding carboxylic acids is 3. The van der Waals surface area contributed by atoms with E-state index in [1.807, 2.05) is 11.8 Å². The molecule has 3 aromatic rings. The van der Waals surface area contributed by atoms with Crippen molar-refractivity contribution < 1.29 is 33.7 Å². The number of nitrogens with zero attached hydrogens (tertiary/aromatic N) is 1. The molecule has 4 aliphatic heterocycles. The number of thioether (sulfide) groups is 1. The summed E-state index contributed by atoms with van der Waals surface area (Å²) in [5.74, 6) is 0.793. The average Bonchev–Trinajstić information content (AvgIpc) is 3.62. The Hall–Kier alpha value is -4.38. The van der Waals surface area contributed by atoms with Crippen LogP contribution < -0.4 is 20.1 Å². The number of unbranched alkanes of at least 4 members (excludes halogenated alkanes) is 1. The van der Waals surface area contributed by atoms with Gasteiger partial charge < -0.3 is 30.0 Å². The summed E-state index contributed by atoms with van der Waals surface area (Å²) < 4.78 is 18.0. The van der Waals surface area contributed by atoms with Gasteiger partial charge in [0.2, 0.25) is 0 Å². The fourth-order valence-corrected chi connectivity index (χ4v) is 8.01. The predicted molar refractivity (Wildman–Crippen MR) is 161 cm³/mol. The van der Waals surface area contributed by atoms with Gasteiger partial charge in [0.15, 0.2) is 5.60 Å². The van der Waals surface area contributed by atoms with E-state index in [1.165, 1.54) is 12.1 Å². The summed E-state index contributed by atoms with van der Waals surface area (Å²) in [4.78, 5) is 41.7. The molecule has 12 heteroatoms. The molecule has 10 nitrogen and oxygen atoms in total. The lowest BCUT2D eigenvalue weighted by Gasteiger charge is -2.36. The Labute approximate surface area is 255 Å². The molecule has 4 atom stereocenters. The summed E-state index contributed by atoms with van der Waals surface area (Å²) in [6, 6.07) is 14.9. The second-order valence-electron chi connectivity index (χ2n) is 10.8. The van der Waals surface area contributed by atoms with Crippen molar-refractivity contribution in [3.63, 3.8) is 0 Å². The molecule has 2 fully saturated rings. The number of hydrogen-bond acceptors (Lipinski definition) is 10. The Morgan fingerprint density at radius 1 is 1.09 bits per heavy atom. The molecule has 3 N–H and O–H groups in total. The summed E-state index contributed by atoms with van der Waals surface area (Å²) in [6.07, 6.45) is 2.63. The van der Waals surface area contributed by atoms with Crippen LogP contribution in [0.4, 0.5) is 10.5 Å². The zero-order valence-corrected chi connectivity index (χ0v) is 24.3. The number of phenolic OH excluding ortho intramolecular Hbond substituents is 1. The molecule has 2 amide bonds. The first-order chi connectivity index (χ1) is 20.9. The third-order valence-electron chi connectivity index (χ3n) is 8.22. The number of aliphatic imine (C=N–C) groups is 1. The minimum atomic E-state index is -1.38. The van der Waals surface area contributed by atoms with E-state index in [0.29, 0.717) is 45.5 Å². The summed E-state index contributed by atoms with van der Waals surface area (Å²) in [5, 5.41) is 18.8. The number of isothiocyanates is 1. The predicted octanol–water partition coefficient (Wildman–Crippen LogP) is 5.33. The van der Waals surface area contributed by atoms with Crippen LogP contribution in [0.5, 0.6) is 23.0 Å². The van der Waals surface area contributed by atoms with E-state index in [2.05, 4.69) is 20.8 Å². The highest BCUT2D eigenvalue weighted by atomic mass is 32.2. The zero-order valence-electron chi connectivity index (χ0n) is 22.6. The van der Waals surface area contributed by atoms with Gasteiger partial charge in [0.05, 0.1) is 28.5 Å². The number of aromatic hydroxyl groups is 1. The van der Waals surface area contributed by atoms with Gasteiger partial charge in [-0.2, -0.15) is 16.8 Å². The van der Waals surface area contributed by atoms with Crippen LogP contribution >= 0.6 is 24.0 Å². The maximum absolute atomic E-state index is 13.3. The number of esters is 2. The normalized spacial score (nSPS) is 24.0. The molecule has 43 heavy (non-hydrogen) atoms. The molecule has 1 unspecified atom stereocenters. The lowest BCUT2D eigenvalue weighted by Crippen LogP contribution is -2.36. The van der Waals surface area contributed by atoms with Gasteiger partial charge >= 0.3 is 18.0 Å². The Balaban J connectivity index is 1.11. The van der Waals surface area contributed by atoms with Crippen LogP contribution in [0, 0.1) is 0 Å². The zero-order chi connectivity index (χ0) is 29.7. The minimum Gasteiger partial charge on any atom is -0.508 e. The summed E-state index contributed by atoms with van der Waals surface area (Å²) in [7, 11) is 0. The number of hydrogen-bond donors (Lipinski definition) is 3. The average molecular weight is 616 g/mol. The van der Waals surface area contributed by atoms with Gasteiger partial charge in [-0.05, 0) is 55.4 Å². The maximum Gasteiger partial charge on any atom is 0.342 e. The standard InChI is InChI=1S/C31H25N3O7S2/c35-16-8-10-18-23(12-16)40-24-13-17(39-26(36)7-2-1-6-25-28-22(14-43-25)33-30(38)34-28)9-11-19(24)31(18)20-4-3-5-21(32-15-42)27(20)29(37)41-31/h3-5,8-13,22,25,28,35H,1-2,6-7,14H2,(H2,33,34,38)/t22-,25-,28-,31?/m0/s1. The molecule has 0 saturated carbocycles. The quantitative estimate of drug-likeness (QED) is 0.0805. The minimum absolute atomic E-state index is 0.0263. The third-order valence-corrected chi connectivity index (χ3v) is 9.82. The fourth-order valence-electron chi connectivity index (χ4n) is 6.37. The van der Waals surface area contributed by atoms with E-state index in [-0.39, 0.29) is 47.6 Å². The highest BCUT2D eigenvalue weighted by Gasteiger charge is 2.54. The summed E-state index contributed by atoms with van der Waals surface area (Å²) in [5.41, 5.74) is 0.818. The topological polar surface area (TPSA) is 136 Å². The smallest absolute Gasteiger partial charge is 0.342 e. The molecule has 7 rings (SSSR count). The van der Waals surface area contributed by atoms with Crippen molar-refractivity contribution in [2.45, 2.75) is 48.6 Å². The molecular formula is C31H25N3O7S2. The summed E-state index contributed by atoms with van der Waals surface area (Å²) >= 11 is 6.63. The first-order valence-corrected chi connectivity index (χ1v) is 15.3. The lowest BCUT2D eigenvalue weighted by molar-refractivity contribution is -0.134. The first-order valence-electron chi connectivity index (χ1n) is 13.9. The number of fused-ring (bicyclic) bond motifs is 7. The van der Waals surface area contributed by atoms with Gasteiger partial charge in [-0.3, -0.25) is 4.79 Å². The summed E-state index contributed by atoms with van der Waals surface area (Å²) in [6.45, 7) is 0. The number of amides is 2. The maximum atomic E-state index is 13.3. The van der Waals surface area contributed by atoms with Crippen molar-refractivity contribution in [3.05, 3.63) is 76.9 Å². The van der Waals surface area contributed by atoms with Crippen molar-refractivity contribution >= 4 is 52.8 Å². The van der Waals surface area contributed by atoms with Gasteiger partial charge in [0, 0.05) is 46.2 Å². The van der Waals surface area contributed by atoms with E-state index < -0.39 is 11.6 Å². The molecule has 0 bridgehead atoms. The molecule has 0 aromatic heterocycles. The van der Waals surface area contributed by atoms with Crippen molar-refractivity contribution in [3.8, 4) is 23.0 Å². The fraction of sp³-hybridized carbons (Fsp3) is 0.290.